The SMILES string of the molecule is Cc1cc(C)nc(N[C@@H](c2ccccc2Cl)c2cc(C)sc2NC(=O)c2ccccc2)n1. The van der Waals surface area contributed by atoms with Crippen LogP contribution in [0.1, 0.15) is 43.8 Å². The van der Waals surface area contributed by atoms with E-state index in [0.29, 0.717) is 16.5 Å². The van der Waals surface area contributed by atoms with Crippen molar-refractivity contribution in [3.63, 3.8) is 0 Å². The second-order valence-corrected chi connectivity index (χ2v) is 9.20. The first-order valence-electron chi connectivity index (χ1n) is 10.2. The van der Waals surface area contributed by atoms with Crippen LogP contribution in [0.5, 0.6) is 0 Å². The normalized spacial score (nSPS) is 11.8. The topological polar surface area (TPSA) is 66.9 Å². The van der Waals surface area contributed by atoms with E-state index >= 15 is 0 Å². The van der Waals surface area contributed by atoms with Gasteiger partial charge >= 0.3 is 0 Å². The smallest absolute Gasteiger partial charge is 0.256 e. The molecule has 0 saturated carbocycles. The van der Waals surface area contributed by atoms with Crippen LogP contribution in [-0.2, 0) is 0 Å². The van der Waals surface area contributed by atoms with Crippen LogP contribution in [0.15, 0.2) is 66.7 Å². The summed E-state index contributed by atoms with van der Waals surface area (Å²) in [5, 5.41) is 7.92. The molecule has 0 radical (unpaired) electrons. The highest BCUT2D eigenvalue weighted by atomic mass is 35.5. The summed E-state index contributed by atoms with van der Waals surface area (Å²) in [5.41, 5.74) is 4.14. The molecule has 0 aliphatic heterocycles. The fourth-order valence-corrected chi connectivity index (χ4v) is 4.75. The number of thiophene rings is 1. The van der Waals surface area contributed by atoms with E-state index < -0.39 is 0 Å². The molecule has 5 nitrogen and oxygen atoms in total. The van der Waals surface area contributed by atoms with E-state index in [1.807, 2.05) is 69.3 Å². The van der Waals surface area contributed by atoms with Crippen LogP contribution in [0.3, 0.4) is 0 Å². The van der Waals surface area contributed by atoms with Crippen molar-refractivity contribution < 1.29 is 4.79 Å². The summed E-state index contributed by atoms with van der Waals surface area (Å²) in [6, 6.07) is 20.5. The van der Waals surface area contributed by atoms with Crippen LogP contribution in [0, 0.1) is 20.8 Å². The molecular formula is C25H23ClN4OS. The molecule has 4 rings (SSSR count). The lowest BCUT2D eigenvalue weighted by molar-refractivity contribution is 0.102. The van der Waals surface area contributed by atoms with Crippen LogP contribution in [-0.4, -0.2) is 15.9 Å². The molecule has 162 valence electrons. The molecule has 2 N–H and O–H groups in total. The molecule has 2 aromatic heterocycles. The first kappa shape index (κ1) is 22.0. The summed E-state index contributed by atoms with van der Waals surface area (Å²) >= 11 is 8.12. The van der Waals surface area contributed by atoms with Crippen LogP contribution in [0.2, 0.25) is 5.02 Å². The molecule has 0 spiro atoms. The number of anilines is 2. The van der Waals surface area contributed by atoms with Gasteiger partial charge in [0.05, 0.1) is 6.04 Å². The number of rotatable bonds is 6. The van der Waals surface area contributed by atoms with Gasteiger partial charge in [-0.3, -0.25) is 4.79 Å². The summed E-state index contributed by atoms with van der Waals surface area (Å²) in [7, 11) is 0. The molecule has 0 fully saturated rings. The Labute approximate surface area is 196 Å². The number of aromatic nitrogens is 2. The van der Waals surface area contributed by atoms with Gasteiger partial charge in [-0.25, -0.2) is 9.97 Å². The van der Waals surface area contributed by atoms with Gasteiger partial charge in [0.1, 0.15) is 5.00 Å². The molecule has 1 amide bonds. The molecule has 0 bridgehead atoms. The molecule has 0 unspecified atom stereocenters. The number of nitrogens with zero attached hydrogens (tertiary/aromatic N) is 2. The fraction of sp³-hybridized carbons (Fsp3) is 0.160. The summed E-state index contributed by atoms with van der Waals surface area (Å²) in [6.07, 6.45) is 0. The van der Waals surface area contributed by atoms with Crippen molar-refractivity contribution >= 4 is 39.8 Å². The fourth-order valence-electron chi connectivity index (χ4n) is 3.56. The first-order valence-corrected chi connectivity index (χ1v) is 11.4. The van der Waals surface area contributed by atoms with E-state index in [9.17, 15) is 4.79 Å². The number of benzene rings is 2. The van der Waals surface area contributed by atoms with E-state index in [-0.39, 0.29) is 11.9 Å². The molecule has 32 heavy (non-hydrogen) atoms. The highest BCUT2D eigenvalue weighted by molar-refractivity contribution is 7.16. The van der Waals surface area contributed by atoms with E-state index in [1.54, 1.807) is 12.1 Å². The Morgan fingerprint density at radius 1 is 0.906 bits per heavy atom. The van der Waals surface area contributed by atoms with Crippen LogP contribution in [0.25, 0.3) is 0 Å². The molecule has 0 aliphatic carbocycles. The van der Waals surface area contributed by atoms with Gasteiger partial charge in [-0.15, -0.1) is 11.3 Å². The predicted molar refractivity (Wildman–Crippen MR) is 132 cm³/mol. The first-order chi connectivity index (χ1) is 15.4. The Morgan fingerprint density at radius 2 is 1.56 bits per heavy atom. The minimum Gasteiger partial charge on any atom is -0.343 e. The average molecular weight is 463 g/mol. The van der Waals surface area contributed by atoms with Gasteiger partial charge in [0.15, 0.2) is 0 Å². The lowest BCUT2D eigenvalue weighted by Crippen LogP contribution is -2.18. The second kappa shape index (κ2) is 9.51. The number of hydrogen-bond donors (Lipinski definition) is 2. The minimum atomic E-state index is -0.346. The number of carbonyl (C=O) groups excluding carboxylic acids is 1. The summed E-state index contributed by atoms with van der Waals surface area (Å²) < 4.78 is 0. The van der Waals surface area contributed by atoms with Crippen LogP contribution in [0.4, 0.5) is 10.9 Å². The number of carbonyl (C=O) groups is 1. The van der Waals surface area contributed by atoms with Gasteiger partial charge in [-0.05, 0) is 56.7 Å². The third kappa shape index (κ3) is 4.98. The van der Waals surface area contributed by atoms with Gasteiger partial charge in [0, 0.05) is 32.4 Å². The monoisotopic (exact) mass is 462 g/mol. The Hall–Kier alpha value is -3.22. The number of aryl methyl sites for hydroxylation is 3. The number of halogens is 1. The average Bonchev–Trinajstić information content (AvgIpc) is 3.12. The van der Waals surface area contributed by atoms with Crippen molar-refractivity contribution in [1.29, 1.82) is 0 Å². The standard InChI is InChI=1S/C25H23ClN4OS/c1-15-13-16(2)28-25(27-15)29-22(19-11-7-8-12-21(19)26)20-14-17(3)32-24(20)30-23(31)18-9-5-4-6-10-18/h4-14,22H,1-3H3,(H,30,31)(H,27,28,29)/t22-/m0/s1. The van der Waals surface area contributed by atoms with Crippen molar-refractivity contribution in [2.45, 2.75) is 26.8 Å². The highest BCUT2D eigenvalue weighted by Crippen LogP contribution is 2.39. The predicted octanol–water partition coefficient (Wildman–Crippen LogP) is 6.57. The van der Waals surface area contributed by atoms with Crippen molar-refractivity contribution in [3.8, 4) is 0 Å². The summed E-state index contributed by atoms with van der Waals surface area (Å²) in [4.78, 5) is 23.0. The maximum absolute atomic E-state index is 12.9. The number of hydrogen-bond acceptors (Lipinski definition) is 5. The molecule has 2 aromatic carbocycles. The molecular weight excluding hydrogens is 440 g/mol. The molecule has 0 aliphatic rings. The zero-order valence-electron chi connectivity index (χ0n) is 18.0. The van der Waals surface area contributed by atoms with Crippen LogP contribution < -0.4 is 10.6 Å². The lowest BCUT2D eigenvalue weighted by atomic mass is 10.00. The van der Waals surface area contributed by atoms with Crippen molar-refractivity contribution in [2.75, 3.05) is 10.6 Å². The minimum absolute atomic E-state index is 0.158. The molecule has 0 saturated heterocycles. The van der Waals surface area contributed by atoms with E-state index in [4.69, 9.17) is 11.6 Å². The van der Waals surface area contributed by atoms with E-state index in [0.717, 1.165) is 32.4 Å². The van der Waals surface area contributed by atoms with Gasteiger partial charge in [0.2, 0.25) is 5.95 Å². The largest absolute Gasteiger partial charge is 0.343 e. The third-order valence-corrected chi connectivity index (χ3v) is 6.26. The summed E-state index contributed by atoms with van der Waals surface area (Å²) in [6.45, 7) is 5.89. The zero-order chi connectivity index (χ0) is 22.7. The van der Waals surface area contributed by atoms with Gasteiger partial charge in [-0.1, -0.05) is 48.0 Å². The molecule has 1 atom stereocenters. The molecule has 2 heterocycles. The highest BCUT2D eigenvalue weighted by Gasteiger charge is 2.24. The summed E-state index contributed by atoms with van der Waals surface area (Å²) in [5.74, 6) is 0.353. The third-order valence-electron chi connectivity index (χ3n) is 4.93. The zero-order valence-corrected chi connectivity index (χ0v) is 19.6. The van der Waals surface area contributed by atoms with Gasteiger partial charge in [0.25, 0.3) is 5.91 Å². The lowest BCUT2D eigenvalue weighted by Gasteiger charge is -2.22. The van der Waals surface area contributed by atoms with Crippen molar-refractivity contribution in [3.05, 3.63) is 105 Å². The van der Waals surface area contributed by atoms with Crippen LogP contribution >= 0.6 is 22.9 Å². The quantitative estimate of drug-likeness (QED) is 0.340. The Bertz CT molecular complexity index is 1240. The second-order valence-electron chi connectivity index (χ2n) is 7.53. The number of amides is 1. The van der Waals surface area contributed by atoms with Crippen molar-refractivity contribution in [1.82, 2.24) is 9.97 Å². The maximum atomic E-state index is 12.9. The van der Waals surface area contributed by atoms with Crippen molar-refractivity contribution in [2.24, 2.45) is 0 Å². The number of nitrogens with one attached hydrogen (secondary N) is 2. The Kier molecular flexibility index (Phi) is 6.53. The van der Waals surface area contributed by atoms with E-state index in [2.05, 4.69) is 26.7 Å². The Balaban J connectivity index is 1.76. The van der Waals surface area contributed by atoms with Gasteiger partial charge in [-0.2, -0.15) is 0 Å². The van der Waals surface area contributed by atoms with Gasteiger partial charge < -0.3 is 10.6 Å². The molecule has 4 aromatic rings. The van der Waals surface area contributed by atoms with E-state index in [1.165, 1.54) is 11.3 Å². The maximum Gasteiger partial charge on any atom is 0.256 e. The molecule has 7 heteroatoms. The Morgan fingerprint density at radius 3 is 2.25 bits per heavy atom.